The lowest BCUT2D eigenvalue weighted by atomic mass is 9.75. The van der Waals surface area contributed by atoms with Crippen LogP contribution in [0.1, 0.15) is 65.2 Å². The predicted octanol–water partition coefficient (Wildman–Crippen LogP) is 2.90. The molecule has 2 aliphatic carbocycles. The van der Waals surface area contributed by atoms with Crippen LogP contribution in [0.5, 0.6) is 0 Å². The van der Waals surface area contributed by atoms with Gasteiger partial charge in [0, 0.05) is 18.3 Å². The van der Waals surface area contributed by atoms with Gasteiger partial charge in [0.1, 0.15) is 9.84 Å². The number of sulfone groups is 1. The minimum atomic E-state index is -2.86. The first-order valence-electron chi connectivity index (χ1n) is 7.71. The van der Waals surface area contributed by atoms with Crippen molar-refractivity contribution in [3.63, 3.8) is 0 Å². The van der Waals surface area contributed by atoms with Crippen molar-refractivity contribution in [2.24, 2.45) is 5.41 Å². The van der Waals surface area contributed by atoms with Crippen molar-refractivity contribution in [3.05, 3.63) is 0 Å². The van der Waals surface area contributed by atoms with E-state index in [4.69, 9.17) is 0 Å². The Balaban J connectivity index is 1.89. The van der Waals surface area contributed by atoms with Gasteiger partial charge in [-0.3, -0.25) is 0 Å². The van der Waals surface area contributed by atoms with E-state index in [0.29, 0.717) is 17.5 Å². The Hall–Kier alpha value is -0.0900. The SMILES string of the molecule is CC1(C)CCCC(NC2CCCC(S(C)(=O)=O)C2)C1. The van der Waals surface area contributed by atoms with Crippen LogP contribution >= 0.6 is 0 Å². The van der Waals surface area contributed by atoms with Gasteiger partial charge in [0.25, 0.3) is 0 Å². The van der Waals surface area contributed by atoms with Crippen LogP contribution in [-0.2, 0) is 9.84 Å². The Morgan fingerprint density at radius 2 is 1.74 bits per heavy atom. The third kappa shape index (κ3) is 4.45. The van der Waals surface area contributed by atoms with Gasteiger partial charge < -0.3 is 5.32 Å². The first kappa shape index (κ1) is 15.3. The lowest BCUT2D eigenvalue weighted by molar-refractivity contribution is 0.181. The molecule has 0 bridgehead atoms. The van der Waals surface area contributed by atoms with Gasteiger partial charge in [-0.15, -0.1) is 0 Å². The van der Waals surface area contributed by atoms with Crippen molar-refractivity contribution in [1.82, 2.24) is 5.32 Å². The fourth-order valence-electron chi connectivity index (χ4n) is 3.86. The molecule has 4 heteroatoms. The molecule has 0 aromatic carbocycles. The number of hydrogen-bond acceptors (Lipinski definition) is 3. The standard InChI is InChI=1S/C15H29NO2S/c1-15(2)9-5-7-13(11-15)16-12-6-4-8-14(10-12)19(3,17)18/h12-14,16H,4-11H2,1-3H3. The van der Waals surface area contributed by atoms with E-state index in [-0.39, 0.29) is 5.25 Å². The monoisotopic (exact) mass is 287 g/mol. The smallest absolute Gasteiger partial charge is 0.150 e. The summed E-state index contributed by atoms with van der Waals surface area (Å²) in [6.45, 7) is 4.70. The fourth-order valence-corrected chi connectivity index (χ4v) is 5.04. The Kier molecular flexibility index (Phi) is 4.61. The topological polar surface area (TPSA) is 46.2 Å². The van der Waals surface area contributed by atoms with Gasteiger partial charge in [0.2, 0.25) is 0 Å². The molecule has 0 aromatic heterocycles. The van der Waals surface area contributed by atoms with E-state index < -0.39 is 9.84 Å². The van der Waals surface area contributed by atoms with Gasteiger partial charge in [-0.25, -0.2) is 8.42 Å². The van der Waals surface area contributed by atoms with Crippen LogP contribution < -0.4 is 5.32 Å². The molecular weight excluding hydrogens is 258 g/mol. The van der Waals surface area contributed by atoms with E-state index in [1.54, 1.807) is 0 Å². The van der Waals surface area contributed by atoms with Crippen LogP contribution in [0.25, 0.3) is 0 Å². The van der Waals surface area contributed by atoms with Crippen molar-refractivity contribution in [3.8, 4) is 0 Å². The van der Waals surface area contributed by atoms with Crippen LogP contribution in [0.3, 0.4) is 0 Å². The third-order valence-electron chi connectivity index (χ3n) is 4.91. The Morgan fingerprint density at radius 1 is 1.05 bits per heavy atom. The van der Waals surface area contributed by atoms with Crippen LogP contribution in [0.2, 0.25) is 0 Å². The second-order valence-corrected chi connectivity index (χ2v) is 9.76. The second-order valence-electron chi connectivity index (χ2n) is 7.44. The first-order valence-corrected chi connectivity index (χ1v) is 9.67. The van der Waals surface area contributed by atoms with Gasteiger partial charge in [-0.2, -0.15) is 0 Å². The Bertz CT molecular complexity index is 402. The van der Waals surface area contributed by atoms with E-state index in [0.717, 1.165) is 25.7 Å². The summed E-state index contributed by atoms with van der Waals surface area (Å²) in [6, 6.07) is 0.999. The van der Waals surface area contributed by atoms with Crippen molar-refractivity contribution in [2.45, 2.75) is 82.5 Å². The van der Waals surface area contributed by atoms with Crippen molar-refractivity contribution < 1.29 is 8.42 Å². The normalized spacial score (nSPS) is 36.1. The maximum atomic E-state index is 11.7. The molecule has 0 radical (unpaired) electrons. The molecule has 0 aliphatic heterocycles. The van der Waals surface area contributed by atoms with Crippen molar-refractivity contribution in [2.75, 3.05) is 6.26 Å². The molecule has 0 spiro atoms. The molecule has 3 nitrogen and oxygen atoms in total. The highest BCUT2D eigenvalue weighted by atomic mass is 32.2. The Morgan fingerprint density at radius 3 is 2.37 bits per heavy atom. The van der Waals surface area contributed by atoms with Gasteiger partial charge >= 0.3 is 0 Å². The maximum absolute atomic E-state index is 11.7. The van der Waals surface area contributed by atoms with E-state index >= 15 is 0 Å². The van der Waals surface area contributed by atoms with E-state index in [9.17, 15) is 8.42 Å². The predicted molar refractivity (Wildman–Crippen MR) is 80.1 cm³/mol. The van der Waals surface area contributed by atoms with Crippen LogP contribution in [0.4, 0.5) is 0 Å². The summed E-state index contributed by atoms with van der Waals surface area (Å²) >= 11 is 0. The first-order chi connectivity index (χ1) is 8.76. The summed E-state index contributed by atoms with van der Waals surface area (Å²) in [6.07, 6.45) is 10.4. The lowest BCUT2D eigenvalue weighted by Gasteiger charge is -2.39. The molecular formula is C15H29NO2S. The van der Waals surface area contributed by atoms with Gasteiger partial charge in [0.05, 0.1) is 5.25 Å². The largest absolute Gasteiger partial charge is 0.311 e. The van der Waals surface area contributed by atoms with Crippen molar-refractivity contribution >= 4 is 9.84 Å². The van der Waals surface area contributed by atoms with Gasteiger partial charge in [-0.05, 0) is 43.9 Å². The van der Waals surface area contributed by atoms with E-state index in [1.807, 2.05) is 0 Å². The molecule has 3 atom stereocenters. The zero-order valence-corrected chi connectivity index (χ0v) is 13.4. The summed E-state index contributed by atoms with van der Waals surface area (Å²) in [5.41, 5.74) is 0.445. The molecule has 0 amide bonds. The van der Waals surface area contributed by atoms with Gasteiger partial charge in [-0.1, -0.05) is 26.7 Å². The van der Waals surface area contributed by atoms with E-state index in [2.05, 4.69) is 19.2 Å². The lowest BCUT2D eigenvalue weighted by Crippen LogP contribution is -2.46. The summed E-state index contributed by atoms with van der Waals surface area (Å²) < 4.78 is 23.4. The zero-order valence-electron chi connectivity index (χ0n) is 12.6. The molecule has 3 unspecified atom stereocenters. The molecule has 0 heterocycles. The second kappa shape index (κ2) is 5.72. The van der Waals surface area contributed by atoms with Crippen molar-refractivity contribution in [1.29, 1.82) is 0 Å². The van der Waals surface area contributed by atoms with Gasteiger partial charge in [0.15, 0.2) is 0 Å². The minimum Gasteiger partial charge on any atom is -0.311 e. The summed E-state index contributed by atoms with van der Waals surface area (Å²) in [4.78, 5) is 0. The highest BCUT2D eigenvalue weighted by Gasteiger charge is 2.32. The van der Waals surface area contributed by atoms with Crippen LogP contribution in [-0.4, -0.2) is 32.0 Å². The molecule has 19 heavy (non-hydrogen) atoms. The molecule has 2 fully saturated rings. The van der Waals surface area contributed by atoms with Crippen LogP contribution in [0.15, 0.2) is 0 Å². The number of hydrogen-bond donors (Lipinski definition) is 1. The quantitative estimate of drug-likeness (QED) is 0.868. The number of nitrogens with one attached hydrogen (secondary N) is 1. The summed E-state index contributed by atoms with van der Waals surface area (Å²) in [5.74, 6) is 0. The highest BCUT2D eigenvalue weighted by molar-refractivity contribution is 7.91. The molecule has 1 N–H and O–H groups in total. The molecule has 0 aromatic rings. The highest BCUT2D eigenvalue weighted by Crippen LogP contribution is 2.36. The minimum absolute atomic E-state index is 0.115. The molecule has 2 saturated carbocycles. The molecule has 2 rings (SSSR count). The maximum Gasteiger partial charge on any atom is 0.150 e. The average Bonchev–Trinajstić information content (AvgIpc) is 2.26. The third-order valence-corrected chi connectivity index (χ3v) is 6.55. The molecule has 112 valence electrons. The molecule has 0 saturated heterocycles. The average molecular weight is 287 g/mol. The van der Waals surface area contributed by atoms with E-state index in [1.165, 1.54) is 31.9 Å². The summed E-state index contributed by atoms with van der Waals surface area (Å²) in [7, 11) is -2.86. The number of rotatable bonds is 3. The summed E-state index contributed by atoms with van der Waals surface area (Å²) in [5, 5.41) is 3.64. The zero-order chi connectivity index (χ0) is 14.1. The van der Waals surface area contributed by atoms with Crippen LogP contribution in [0, 0.1) is 5.41 Å². The molecule has 2 aliphatic rings. The Labute approximate surface area is 118 Å². The fraction of sp³-hybridized carbons (Fsp3) is 1.00.